The van der Waals surface area contributed by atoms with Crippen LogP contribution in [0.1, 0.15) is 84.5 Å². The standard InChI is InChI=1S/C17H33N/c1-3-5-6-7-8-9-10-11-14-17-15-12-13-16-18(17)4-2/h14H,3-13,15-16H2,1-2H3. The van der Waals surface area contributed by atoms with E-state index in [0.29, 0.717) is 0 Å². The van der Waals surface area contributed by atoms with Crippen molar-refractivity contribution in [1.29, 1.82) is 0 Å². The predicted octanol–water partition coefficient (Wildman–Crippen LogP) is 5.52. The summed E-state index contributed by atoms with van der Waals surface area (Å²) in [5.74, 6) is 0. The number of hydrogen-bond acceptors (Lipinski definition) is 1. The zero-order valence-electron chi connectivity index (χ0n) is 12.7. The second-order valence-corrected chi connectivity index (χ2v) is 5.64. The van der Waals surface area contributed by atoms with Crippen LogP contribution in [0.25, 0.3) is 0 Å². The van der Waals surface area contributed by atoms with E-state index < -0.39 is 0 Å². The highest BCUT2D eigenvalue weighted by Gasteiger charge is 2.11. The molecule has 0 N–H and O–H groups in total. The SMILES string of the molecule is CCCCCCCCCC=C1CCCCN1CC. The monoisotopic (exact) mass is 251 g/mol. The number of allylic oxidation sites excluding steroid dienone is 2. The summed E-state index contributed by atoms with van der Waals surface area (Å²) >= 11 is 0. The van der Waals surface area contributed by atoms with E-state index in [4.69, 9.17) is 0 Å². The molecule has 0 aliphatic carbocycles. The highest BCUT2D eigenvalue weighted by atomic mass is 15.1. The van der Waals surface area contributed by atoms with E-state index in [9.17, 15) is 0 Å². The first kappa shape index (κ1) is 15.6. The van der Waals surface area contributed by atoms with E-state index >= 15 is 0 Å². The molecule has 106 valence electrons. The molecule has 0 saturated carbocycles. The quantitative estimate of drug-likeness (QED) is 0.488. The lowest BCUT2D eigenvalue weighted by atomic mass is 10.0. The molecule has 1 fully saturated rings. The van der Waals surface area contributed by atoms with Gasteiger partial charge in [0.2, 0.25) is 0 Å². The van der Waals surface area contributed by atoms with Gasteiger partial charge in [-0.05, 0) is 39.0 Å². The van der Waals surface area contributed by atoms with Gasteiger partial charge in [-0.15, -0.1) is 0 Å². The Balaban J connectivity index is 2.04. The van der Waals surface area contributed by atoms with Gasteiger partial charge in [0.25, 0.3) is 0 Å². The second kappa shape index (κ2) is 10.5. The Hall–Kier alpha value is -0.460. The average molecular weight is 251 g/mol. The van der Waals surface area contributed by atoms with Crippen LogP contribution in [0, 0.1) is 0 Å². The van der Waals surface area contributed by atoms with Gasteiger partial charge in [-0.25, -0.2) is 0 Å². The number of nitrogens with zero attached hydrogens (tertiary/aromatic N) is 1. The Morgan fingerprint density at radius 2 is 1.67 bits per heavy atom. The van der Waals surface area contributed by atoms with Gasteiger partial charge in [-0.2, -0.15) is 0 Å². The molecule has 0 atom stereocenters. The Morgan fingerprint density at radius 1 is 0.944 bits per heavy atom. The fourth-order valence-corrected chi connectivity index (χ4v) is 2.87. The lowest BCUT2D eigenvalue weighted by molar-refractivity contribution is 0.302. The average Bonchev–Trinajstić information content (AvgIpc) is 2.42. The molecule has 1 aliphatic rings. The largest absolute Gasteiger partial charge is 0.375 e. The molecule has 0 aromatic carbocycles. The molecule has 0 spiro atoms. The summed E-state index contributed by atoms with van der Waals surface area (Å²) in [6, 6.07) is 0. The van der Waals surface area contributed by atoms with Crippen LogP contribution < -0.4 is 0 Å². The zero-order valence-corrected chi connectivity index (χ0v) is 12.7. The van der Waals surface area contributed by atoms with Gasteiger partial charge in [0, 0.05) is 18.8 Å². The summed E-state index contributed by atoms with van der Waals surface area (Å²) < 4.78 is 0. The van der Waals surface area contributed by atoms with Gasteiger partial charge in [0.05, 0.1) is 0 Å². The lowest BCUT2D eigenvalue weighted by Crippen LogP contribution is -2.27. The molecule has 1 heterocycles. The second-order valence-electron chi connectivity index (χ2n) is 5.64. The molecule has 18 heavy (non-hydrogen) atoms. The fourth-order valence-electron chi connectivity index (χ4n) is 2.87. The van der Waals surface area contributed by atoms with Gasteiger partial charge in [-0.3, -0.25) is 0 Å². The third-order valence-electron chi connectivity index (χ3n) is 4.09. The first-order chi connectivity index (χ1) is 8.88. The van der Waals surface area contributed by atoms with Crippen molar-refractivity contribution < 1.29 is 0 Å². The summed E-state index contributed by atoms with van der Waals surface area (Å²) in [4.78, 5) is 2.57. The third-order valence-corrected chi connectivity index (χ3v) is 4.09. The molecular formula is C17H33N. The normalized spacial score (nSPS) is 18.6. The van der Waals surface area contributed by atoms with Crippen molar-refractivity contribution in [3.05, 3.63) is 11.8 Å². The lowest BCUT2D eigenvalue weighted by Gasteiger charge is -2.30. The van der Waals surface area contributed by atoms with Gasteiger partial charge < -0.3 is 4.90 Å². The molecule has 0 unspecified atom stereocenters. The minimum Gasteiger partial charge on any atom is -0.375 e. The topological polar surface area (TPSA) is 3.24 Å². The van der Waals surface area contributed by atoms with E-state index in [1.807, 2.05) is 0 Å². The molecule has 0 aromatic heterocycles. The minimum atomic E-state index is 1.20. The van der Waals surface area contributed by atoms with Crippen LogP contribution >= 0.6 is 0 Å². The smallest absolute Gasteiger partial charge is 0.0174 e. The van der Waals surface area contributed by atoms with Crippen LogP contribution in [0.3, 0.4) is 0 Å². The van der Waals surface area contributed by atoms with Crippen molar-refractivity contribution in [1.82, 2.24) is 4.90 Å². The molecule has 1 saturated heterocycles. The van der Waals surface area contributed by atoms with Gasteiger partial charge >= 0.3 is 0 Å². The summed E-state index contributed by atoms with van der Waals surface area (Å²) in [6.45, 7) is 7.06. The number of unbranched alkanes of at least 4 members (excludes halogenated alkanes) is 7. The maximum absolute atomic E-state index is 2.57. The van der Waals surface area contributed by atoms with Crippen LogP contribution in [-0.2, 0) is 0 Å². The summed E-state index contributed by atoms with van der Waals surface area (Å²) in [5, 5.41) is 0. The van der Waals surface area contributed by atoms with Crippen LogP contribution in [0.15, 0.2) is 11.8 Å². The number of hydrogen-bond donors (Lipinski definition) is 0. The first-order valence-corrected chi connectivity index (χ1v) is 8.32. The van der Waals surface area contributed by atoms with E-state index in [-0.39, 0.29) is 0 Å². The molecule has 1 rings (SSSR count). The zero-order chi connectivity index (χ0) is 13.1. The predicted molar refractivity (Wildman–Crippen MR) is 81.8 cm³/mol. The van der Waals surface area contributed by atoms with E-state index in [0.717, 1.165) is 0 Å². The molecular weight excluding hydrogens is 218 g/mol. The molecule has 1 aliphatic heterocycles. The summed E-state index contributed by atoms with van der Waals surface area (Å²) in [7, 11) is 0. The molecule has 0 bridgehead atoms. The van der Waals surface area contributed by atoms with Crippen LogP contribution in [0.5, 0.6) is 0 Å². The number of piperidine rings is 1. The van der Waals surface area contributed by atoms with Gasteiger partial charge in [0.1, 0.15) is 0 Å². The molecule has 0 radical (unpaired) electrons. The van der Waals surface area contributed by atoms with Crippen LogP contribution in [0.4, 0.5) is 0 Å². The molecule has 0 aromatic rings. The Labute approximate surface area is 115 Å². The maximum Gasteiger partial charge on any atom is 0.0174 e. The summed E-state index contributed by atoms with van der Waals surface area (Å²) in [5.41, 5.74) is 1.63. The van der Waals surface area contributed by atoms with Crippen molar-refractivity contribution in [2.45, 2.75) is 84.5 Å². The fraction of sp³-hybridized carbons (Fsp3) is 0.882. The van der Waals surface area contributed by atoms with Crippen molar-refractivity contribution in [3.63, 3.8) is 0 Å². The van der Waals surface area contributed by atoms with Crippen molar-refractivity contribution in [2.24, 2.45) is 0 Å². The molecule has 1 nitrogen and oxygen atoms in total. The van der Waals surface area contributed by atoms with E-state index in [1.54, 1.807) is 5.70 Å². The van der Waals surface area contributed by atoms with Gasteiger partial charge in [-0.1, -0.05) is 51.5 Å². The van der Waals surface area contributed by atoms with Crippen LogP contribution in [0.2, 0.25) is 0 Å². The Morgan fingerprint density at radius 3 is 2.39 bits per heavy atom. The van der Waals surface area contributed by atoms with Gasteiger partial charge in [0.15, 0.2) is 0 Å². The highest BCUT2D eigenvalue weighted by molar-refractivity contribution is 5.03. The Kier molecular flexibility index (Phi) is 9.06. The molecule has 0 amide bonds. The number of likely N-dealkylation sites (tertiary alicyclic amines) is 1. The van der Waals surface area contributed by atoms with E-state index in [1.165, 1.54) is 83.7 Å². The summed E-state index contributed by atoms with van der Waals surface area (Å²) in [6.07, 6.45) is 17.9. The van der Waals surface area contributed by atoms with Crippen LogP contribution in [-0.4, -0.2) is 18.0 Å². The van der Waals surface area contributed by atoms with Crippen molar-refractivity contribution in [2.75, 3.05) is 13.1 Å². The highest BCUT2D eigenvalue weighted by Crippen LogP contribution is 2.21. The maximum atomic E-state index is 2.57. The van der Waals surface area contributed by atoms with Crippen molar-refractivity contribution >= 4 is 0 Å². The third kappa shape index (κ3) is 6.47. The van der Waals surface area contributed by atoms with Crippen molar-refractivity contribution in [3.8, 4) is 0 Å². The Bertz CT molecular complexity index is 220. The molecule has 1 heteroatoms. The number of rotatable bonds is 9. The first-order valence-electron chi connectivity index (χ1n) is 8.32. The van der Waals surface area contributed by atoms with E-state index in [2.05, 4.69) is 24.8 Å². The minimum absolute atomic E-state index is 1.20.